The van der Waals surface area contributed by atoms with E-state index in [1.165, 1.54) is 47.1 Å². The summed E-state index contributed by atoms with van der Waals surface area (Å²) in [4.78, 5) is 41.4. The molecule has 3 aliphatic rings. The Hall–Kier alpha value is -8.83. The van der Waals surface area contributed by atoms with E-state index in [1.807, 2.05) is 87.5 Å². The third-order valence-electron chi connectivity index (χ3n) is 17.7. The van der Waals surface area contributed by atoms with Crippen LogP contribution in [0.1, 0.15) is 172 Å². The van der Waals surface area contributed by atoms with Gasteiger partial charge in [-0.3, -0.25) is 14.4 Å². The standard InChI is InChI=1S/C26H30O4.C26H30O3.C25H28O4/c1-16(2)10-12-20-17(3)11-13-21(18-8-6-5-7-9-18)24(20)26(29)25-22(28)14-19(27)15-23(25)30-4;1-16(2)10-12-20-18(4)11-13-21(19-8-6-5-7-9-19)24(20)26(29)25-22(27)14-17(3)15-23(25)28;1-15(2)9-11-19-16(3)10-12-20(17-7-5-4-6-8-17)23(19)25(29)24-21(27)13-18(26)14-22(24)28/h5-11,14-15,20-21,24,27-28H,12-13H2,1-4H3;5-11,14-15,20-21,24,27-28H,12-13H2,1-4H3;4-10,13-14,19-20,23,26-28H,11-12H2,1-3H3/t2*20-,21+,24-;19-,20+,23-/m011/s1. The van der Waals surface area contributed by atoms with Gasteiger partial charge in [0.15, 0.2) is 17.3 Å². The summed E-state index contributed by atoms with van der Waals surface area (Å²) in [5.74, 6) is -3.39. The van der Waals surface area contributed by atoms with Gasteiger partial charge in [-0.2, -0.15) is 0 Å². The number of ketones is 3. The number of hydrogen-bond donors (Lipinski definition) is 7. The largest absolute Gasteiger partial charge is 0.508 e. The number of methoxy groups -OCH3 is 1. The number of hydrogen-bond acceptors (Lipinski definition) is 11. The number of allylic oxidation sites excluding steroid dienone is 12. The molecular formula is C77H88O11. The van der Waals surface area contributed by atoms with Crippen molar-refractivity contribution in [1.82, 2.24) is 0 Å². The number of aromatic hydroxyl groups is 7. The fourth-order valence-electron chi connectivity index (χ4n) is 13.2. The Morgan fingerprint density at radius 1 is 0.409 bits per heavy atom. The number of ether oxygens (including phenoxy) is 1. The van der Waals surface area contributed by atoms with Crippen LogP contribution in [-0.2, 0) is 0 Å². The number of phenols is 7. The Labute approximate surface area is 520 Å². The van der Waals surface area contributed by atoms with Crippen molar-refractivity contribution in [2.24, 2.45) is 35.5 Å². The van der Waals surface area contributed by atoms with Crippen molar-refractivity contribution in [3.8, 4) is 46.0 Å². The van der Waals surface area contributed by atoms with Crippen LogP contribution in [0.5, 0.6) is 46.0 Å². The molecule has 9 rings (SSSR count). The summed E-state index contributed by atoms with van der Waals surface area (Å²) >= 11 is 0. The number of aryl methyl sites for hydroxylation is 1. The second-order valence-corrected chi connectivity index (χ2v) is 24.7. The minimum atomic E-state index is -0.431. The van der Waals surface area contributed by atoms with Crippen molar-refractivity contribution in [2.45, 2.75) is 126 Å². The average molecular weight is 1190 g/mol. The maximum Gasteiger partial charge on any atom is 0.174 e. The van der Waals surface area contributed by atoms with Gasteiger partial charge in [0.25, 0.3) is 0 Å². The summed E-state index contributed by atoms with van der Waals surface area (Å²) in [5.41, 5.74) is 11.2. The molecule has 3 aliphatic carbocycles. The van der Waals surface area contributed by atoms with Gasteiger partial charge in [0.2, 0.25) is 0 Å². The number of benzene rings is 6. The predicted octanol–water partition coefficient (Wildman–Crippen LogP) is 18.0. The first-order valence-electron chi connectivity index (χ1n) is 30.5. The molecule has 0 heterocycles. The van der Waals surface area contributed by atoms with E-state index < -0.39 is 17.4 Å². The molecule has 0 radical (unpaired) electrons. The zero-order valence-electron chi connectivity index (χ0n) is 52.8. The maximum absolute atomic E-state index is 13.9. The van der Waals surface area contributed by atoms with Gasteiger partial charge in [-0.25, -0.2) is 0 Å². The first-order chi connectivity index (χ1) is 41.9. The highest BCUT2D eigenvalue weighted by molar-refractivity contribution is 6.05. The van der Waals surface area contributed by atoms with Crippen LogP contribution < -0.4 is 4.74 Å². The fourth-order valence-corrected chi connectivity index (χ4v) is 13.2. The quantitative estimate of drug-likeness (QED) is 0.0359. The predicted molar refractivity (Wildman–Crippen MR) is 351 cm³/mol. The van der Waals surface area contributed by atoms with Crippen molar-refractivity contribution in [2.75, 3.05) is 7.11 Å². The van der Waals surface area contributed by atoms with Gasteiger partial charge in [0.1, 0.15) is 62.7 Å². The third-order valence-corrected chi connectivity index (χ3v) is 17.7. The van der Waals surface area contributed by atoms with Crippen molar-refractivity contribution in [3.63, 3.8) is 0 Å². The highest BCUT2D eigenvalue weighted by Crippen LogP contribution is 2.50. The Bertz CT molecular complexity index is 3420. The van der Waals surface area contributed by atoms with Gasteiger partial charge in [-0.15, -0.1) is 0 Å². The van der Waals surface area contributed by atoms with Crippen LogP contribution in [0.2, 0.25) is 0 Å². The molecule has 0 amide bonds. The Morgan fingerprint density at radius 3 is 0.977 bits per heavy atom. The summed E-state index contributed by atoms with van der Waals surface area (Å²) in [6.45, 7) is 20.3. The lowest BCUT2D eigenvalue weighted by Gasteiger charge is -2.37. The van der Waals surface area contributed by atoms with Gasteiger partial charge in [-0.05, 0) is 178 Å². The van der Waals surface area contributed by atoms with Crippen molar-refractivity contribution in [1.29, 1.82) is 0 Å². The molecule has 0 saturated heterocycles. The van der Waals surface area contributed by atoms with Gasteiger partial charge in [0, 0.05) is 42.0 Å². The molecule has 0 aliphatic heterocycles. The normalized spacial score (nSPS) is 21.2. The van der Waals surface area contributed by atoms with Gasteiger partial charge < -0.3 is 40.5 Å². The molecule has 7 N–H and O–H groups in total. The number of Topliss-reactive ketones (excluding diaryl/α,β-unsaturated/α-hetero) is 3. The highest BCUT2D eigenvalue weighted by Gasteiger charge is 2.44. The molecule has 88 heavy (non-hydrogen) atoms. The molecule has 6 aromatic carbocycles. The number of carbonyl (C=O) groups excluding carboxylic acids is 3. The Balaban J connectivity index is 0.000000188. The molecular weight excluding hydrogens is 1100 g/mol. The van der Waals surface area contributed by atoms with E-state index in [0.29, 0.717) is 6.42 Å². The number of rotatable bonds is 16. The van der Waals surface area contributed by atoms with Crippen LogP contribution in [0, 0.1) is 42.4 Å². The van der Waals surface area contributed by atoms with Crippen molar-refractivity contribution < 1.29 is 54.9 Å². The lowest BCUT2D eigenvalue weighted by molar-refractivity contribution is 0.0836. The second-order valence-electron chi connectivity index (χ2n) is 24.7. The first-order valence-corrected chi connectivity index (χ1v) is 30.5. The minimum Gasteiger partial charge on any atom is -0.508 e. The molecule has 0 bridgehead atoms. The van der Waals surface area contributed by atoms with E-state index in [4.69, 9.17) is 4.74 Å². The van der Waals surface area contributed by atoms with Gasteiger partial charge in [0.05, 0.1) is 7.11 Å². The molecule has 0 spiro atoms. The Morgan fingerprint density at radius 2 is 0.682 bits per heavy atom. The number of phenolic OH excluding ortho intramolecular Hbond substituents is 7. The van der Waals surface area contributed by atoms with Gasteiger partial charge >= 0.3 is 0 Å². The summed E-state index contributed by atoms with van der Waals surface area (Å²) in [7, 11) is 1.44. The Kier molecular flexibility index (Phi) is 22.9. The average Bonchev–Trinajstić information content (AvgIpc) is 3.48. The van der Waals surface area contributed by atoms with E-state index in [1.54, 1.807) is 19.1 Å². The van der Waals surface area contributed by atoms with Crippen LogP contribution in [0.25, 0.3) is 0 Å². The van der Waals surface area contributed by atoms with Crippen LogP contribution >= 0.6 is 0 Å². The lowest BCUT2D eigenvalue weighted by atomic mass is 9.65. The zero-order valence-corrected chi connectivity index (χ0v) is 52.8. The lowest BCUT2D eigenvalue weighted by Crippen LogP contribution is -2.33. The molecule has 9 atom stereocenters. The number of carbonyl (C=O) groups is 3. The van der Waals surface area contributed by atoms with Crippen LogP contribution in [0.4, 0.5) is 0 Å². The van der Waals surface area contributed by atoms with E-state index in [9.17, 15) is 50.1 Å². The highest BCUT2D eigenvalue weighted by atomic mass is 16.5. The molecule has 462 valence electrons. The SMILES string of the molecule is CC(C)=CC[C@@H]1C(C)=CC[C@@H](c2ccccc2)[C@@H]1C(=O)c1c(O)cc(C)cc1O.CC(C)=CC[C@@H]1C(C)=CC[C@@H](c2ccccc2)[C@@H]1C(=O)c1c(O)cc(O)cc1O.COc1cc(O)cc(O)c1C(=O)[C@@H]1[C@@H](c2ccccc2)CC=C(C)[C@@H]1CC=C(C)C. The molecule has 0 unspecified atom stereocenters. The van der Waals surface area contributed by atoms with Crippen molar-refractivity contribution in [3.05, 3.63) is 236 Å². The molecule has 11 heteroatoms. The summed E-state index contributed by atoms with van der Waals surface area (Å²) < 4.78 is 5.35. The van der Waals surface area contributed by atoms with E-state index >= 15 is 0 Å². The fraction of sp³-hybridized carbons (Fsp3) is 0.338. The summed E-state index contributed by atoms with van der Waals surface area (Å²) in [6, 6.07) is 37.9. The molecule has 0 saturated carbocycles. The second kappa shape index (κ2) is 30.2. The topological polar surface area (TPSA) is 202 Å². The minimum absolute atomic E-state index is 0.00284. The van der Waals surface area contributed by atoms with E-state index in [-0.39, 0.29) is 116 Å². The van der Waals surface area contributed by atoms with Crippen molar-refractivity contribution >= 4 is 17.3 Å². The van der Waals surface area contributed by atoms with E-state index in [2.05, 4.69) is 102 Å². The van der Waals surface area contributed by atoms with E-state index in [0.717, 1.165) is 72.1 Å². The maximum atomic E-state index is 13.9. The zero-order chi connectivity index (χ0) is 64.1. The monoisotopic (exact) mass is 1190 g/mol. The first kappa shape index (κ1) is 66.7. The van der Waals surface area contributed by atoms with Crippen LogP contribution in [0.3, 0.4) is 0 Å². The van der Waals surface area contributed by atoms with Crippen LogP contribution in [-0.4, -0.2) is 60.2 Å². The summed E-state index contributed by atoms with van der Waals surface area (Å²) in [6.07, 6.45) is 17.6. The molecule has 0 fully saturated rings. The van der Waals surface area contributed by atoms with Crippen LogP contribution in [0.15, 0.2) is 197 Å². The third kappa shape index (κ3) is 16.0. The molecule has 11 nitrogen and oxygen atoms in total. The van der Waals surface area contributed by atoms with Gasteiger partial charge in [-0.1, -0.05) is 161 Å². The smallest absolute Gasteiger partial charge is 0.174 e. The molecule has 6 aromatic rings. The summed E-state index contributed by atoms with van der Waals surface area (Å²) in [5, 5.41) is 71.7. The molecule has 0 aromatic heterocycles.